The molecule has 10 atom stereocenters. The van der Waals surface area contributed by atoms with E-state index in [4.69, 9.17) is 9.47 Å². The van der Waals surface area contributed by atoms with Crippen LogP contribution in [-0.4, -0.2) is 82.7 Å². The second kappa shape index (κ2) is 8.76. The monoisotopic (exact) mass is 646 g/mol. The summed E-state index contributed by atoms with van der Waals surface area (Å²) < 4.78 is 13.5. The van der Waals surface area contributed by atoms with Gasteiger partial charge in [-0.15, -0.1) is 0 Å². The van der Waals surface area contributed by atoms with E-state index in [2.05, 4.69) is 88.9 Å². The van der Waals surface area contributed by atoms with Crippen LogP contribution in [0.25, 0.3) is 0 Å². The third-order valence-electron chi connectivity index (χ3n) is 15.6. The molecule has 3 N–H and O–H groups in total. The number of aliphatic hydroxyl groups is 1. The fourth-order valence-corrected chi connectivity index (χ4v) is 14.2. The smallest absolute Gasteiger partial charge is 0.335 e. The van der Waals surface area contributed by atoms with Crippen LogP contribution in [-0.2, 0) is 25.1 Å². The summed E-state index contributed by atoms with van der Waals surface area (Å²) in [4.78, 5) is 19.2. The first kappa shape index (κ1) is 28.6. The predicted octanol–water partition coefficient (Wildman–Crippen LogP) is 5.06. The zero-order valence-corrected chi connectivity index (χ0v) is 28.2. The minimum Gasteiger partial charge on any atom is -0.466 e. The molecule has 2 aromatic rings. The van der Waals surface area contributed by atoms with E-state index in [-0.39, 0.29) is 28.8 Å². The standard InChI is InChI=1S/C40H46N4O4/c1-4-35-15-10-18-43-19-17-39(33(35)43)26-12-7-9-14-29(26)42-40(39)27(22-35)31-37(5-2,48-40)23-36-21-24(32(45)47-3)30-38(34(36)46,16-20-44(31)36)25-11-6-8-13-28(25)41-30/h6-15,27,31,33-34,41-42,46H,4-5,16-23H2,1-3H3/t27-,31-,33-,34+,35+,36-,37+,38+,39+,40+/m0/s1. The van der Waals surface area contributed by atoms with Gasteiger partial charge in [0.15, 0.2) is 5.72 Å². The Morgan fingerprint density at radius 3 is 2.62 bits per heavy atom. The second-order valence-corrected chi connectivity index (χ2v) is 16.6. The molecule has 8 heteroatoms. The predicted molar refractivity (Wildman–Crippen MR) is 182 cm³/mol. The maximum absolute atomic E-state index is 13.7. The van der Waals surface area contributed by atoms with E-state index in [0.717, 1.165) is 68.7 Å². The summed E-state index contributed by atoms with van der Waals surface area (Å²) >= 11 is 0. The molecule has 9 aliphatic rings. The van der Waals surface area contributed by atoms with Crippen LogP contribution in [0.3, 0.4) is 0 Å². The van der Waals surface area contributed by atoms with E-state index in [1.54, 1.807) is 0 Å². The van der Waals surface area contributed by atoms with E-state index in [1.165, 1.54) is 18.4 Å². The average molecular weight is 647 g/mol. The van der Waals surface area contributed by atoms with Gasteiger partial charge in [0.2, 0.25) is 0 Å². The fourth-order valence-electron chi connectivity index (χ4n) is 14.2. The van der Waals surface area contributed by atoms with Gasteiger partial charge >= 0.3 is 5.97 Å². The molecule has 11 rings (SSSR count). The van der Waals surface area contributed by atoms with E-state index < -0.39 is 28.4 Å². The Labute approximate surface area is 282 Å². The van der Waals surface area contributed by atoms with Crippen LogP contribution in [0.15, 0.2) is 72.0 Å². The van der Waals surface area contributed by atoms with Crippen LogP contribution in [0.5, 0.6) is 0 Å². The largest absolute Gasteiger partial charge is 0.466 e. The summed E-state index contributed by atoms with van der Waals surface area (Å²) in [5.41, 5.74) is 3.81. The Morgan fingerprint density at radius 2 is 1.83 bits per heavy atom. The number of carbonyl (C=O) groups is 1. The molecule has 0 radical (unpaired) electrons. The van der Waals surface area contributed by atoms with Crippen molar-refractivity contribution in [3.05, 3.63) is 83.1 Å². The molecule has 1 saturated carbocycles. The fraction of sp³-hybridized carbons (Fsp3) is 0.575. The van der Waals surface area contributed by atoms with E-state index >= 15 is 0 Å². The van der Waals surface area contributed by atoms with Gasteiger partial charge in [0.05, 0.1) is 40.8 Å². The minimum absolute atomic E-state index is 0.0335. The van der Waals surface area contributed by atoms with Gasteiger partial charge in [0, 0.05) is 60.0 Å². The minimum atomic E-state index is -0.692. The lowest BCUT2D eigenvalue weighted by Crippen LogP contribution is -2.74. The molecule has 250 valence electrons. The molecule has 2 aromatic carbocycles. The average Bonchev–Trinajstić information content (AvgIpc) is 3.87. The third kappa shape index (κ3) is 2.73. The highest BCUT2D eigenvalue weighted by Crippen LogP contribution is 2.76. The summed E-state index contributed by atoms with van der Waals surface area (Å²) in [7, 11) is 1.48. The van der Waals surface area contributed by atoms with E-state index in [1.807, 2.05) is 6.07 Å². The van der Waals surface area contributed by atoms with Crippen molar-refractivity contribution >= 4 is 17.3 Å². The number of carbonyl (C=O) groups excluding carboxylic acids is 1. The number of nitrogens with zero attached hydrogens (tertiary/aromatic N) is 2. The van der Waals surface area contributed by atoms with Crippen LogP contribution in [0.2, 0.25) is 0 Å². The zero-order chi connectivity index (χ0) is 32.5. The SMILES string of the molecule is CC[C@@]12C=CCN3CC[C@@]4(c5ccccc5N[C@]45O[C@]4(CC)C[C@]67CC(C(=O)OC)=C8Nc9ccccc9[C@@]8(CCN6[C@H]4[C@@H]5C1)[C@@H]7O)[C@@H]32. The Hall–Kier alpha value is -3.17. The third-order valence-corrected chi connectivity index (χ3v) is 15.6. The quantitative estimate of drug-likeness (QED) is 0.316. The Morgan fingerprint density at radius 1 is 1.04 bits per heavy atom. The Kier molecular flexibility index (Phi) is 5.23. The molecule has 5 fully saturated rings. The van der Waals surface area contributed by atoms with Crippen molar-refractivity contribution in [1.82, 2.24) is 9.80 Å². The molecule has 4 spiro atoms. The Bertz CT molecular complexity index is 1880. The number of methoxy groups -OCH3 is 1. The van der Waals surface area contributed by atoms with Crippen LogP contribution in [0.4, 0.5) is 11.4 Å². The summed E-state index contributed by atoms with van der Waals surface area (Å²) in [6, 6.07) is 17.8. The topological polar surface area (TPSA) is 86.3 Å². The van der Waals surface area contributed by atoms with Crippen molar-refractivity contribution in [2.75, 3.05) is 37.4 Å². The summed E-state index contributed by atoms with van der Waals surface area (Å²) in [6.45, 7) is 7.62. The van der Waals surface area contributed by atoms with Crippen LogP contribution in [0.1, 0.15) is 69.9 Å². The van der Waals surface area contributed by atoms with Crippen molar-refractivity contribution in [3.63, 3.8) is 0 Å². The van der Waals surface area contributed by atoms with Crippen molar-refractivity contribution in [1.29, 1.82) is 0 Å². The number of ether oxygens (including phenoxy) is 2. The lowest BCUT2D eigenvalue weighted by Gasteiger charge is -2.63. The number of hydrogen-bond donors (Lipinski definition) is 3. The van der Waals surface area contributed by atoms with Gasteiger partial charge < -0.3 is 25.2 Å². The molecule has 0 unspecified atom stereocenters. The highest BCUT2D eigenvalue weighted by atomic mass is 16.6. The number of benzene rings is 2. The number of rotatable bonds is 3. The molecule has 2 aliphatic carbocycles. The molecular formula is C40H46N4O4. The van der Waals surface area contributed by atoms with Gasteiger partial charge in [-0.05, 0) is 68.3 Å². The van der Waals surface area contributed by atoms with Gasteiger partial charge in [0.25, 0.3) is 0 Å². The molecule has 7 aliphatic heterocycles. The van der Waals surface area contributed by atoms with Gasteiger partial charge in [-0.1, -0.05) is 62.4 Å². The summed E-state index contributed by atoms with van der Waals surface area (Å²) in [5, 5.41) is 20.9. The van der Waals surface area contributed by atoms with Crippen molar-refractivity contribution in [3.8, 4) is 0 Å². The van der Waals surface area contributed by atoms with Gasteiger partial charge in [0.1, 0.15) is 0 Å². The second-order valence-electron chi connectivity index (χ2n) is 16.6. The van der Waals surface area contributed by atoms with Gasteiger partial charge in [-0.25, -0.2) is 4.79 Å². The molecule has 0 amide bonds. The Balaban J connectivity index is 1.13. The van der Waals surface area contributed by atoms with Crippen molar-refractivity contribution in [2.24, 2.45) is 11.3 Å². The number of piperidine rings is 1. The molecular weight excluding hydrogens is 600 g/mol. The number of nitrogens with one attached hydrogen (secondary N) is 2. The number of hydrogen-bond acceptors (Lipinski definition) is 8. The van der Waals surface area contributed by atoms with Crippen molar-refractivity contribution < 1.29 is 19.4 Å². The first-order valence-electron chi connectivity index (χ1n) is 18.4. The molecule has 48 heavy (non-hydrogen) atoms. The van der Waals surface area contributed by atoms with E-state index in [9.17, 15) is 9.90 Å². The number of fused-ring (bicyclic) bond motifs is 5. The highest BCUT2D eigenvalue weighted by Gasteiger charge is 2.85. The molecule has 4 saturated heterocycles. The molecule has 2 bridgehead atoms. The highest BCUT2D eigenvalue weighted by molar-refractivity contribution is 5.93. The van der Waals surface area contributed by atoms with Crippen LogP contribution < -0.4 is 10.6 Å². The zero-order valence-electron chi connectivity index (χ0n) is 28.2. The number of aliphatic hydroxyl groups excluding tert-OH is 1. The molecule has 0 aromatic heterocycles. The number of para-hydroxylation sites is 2. The first-order chi connectivity index (χ1) is 23.3. The lowest BCUT2D eigenvalue weighted by atomic mass is 9.48. The van der Waals surface area contributed by atoms with E-state index in [0.29, 0.717) is 24.5 Å². The maximum atomic E-state index is 13.7. The maximum Gasteiger partial charge on any atom is 0.335 e. The van der Waals surface area contributed by atoms with Crippen molar-refractivity contribution in [2.45, 2.75) is 105 Å². The van der Waals surface area contributed by atoms with Crippen LogP contribution >= 0.6 is 0 Å². The molecule has 8 nitrogen and oxygen atoms in total. The summed E-state index contributed by atoms with van der Waals surface area (Å²) in [5.74, 6) is -0.0937. The first-order valence-corrected chi connectivity index (χ1v) is 18.4. The molecule has 7 heterocycles. The van der Waals surface area contributed by atoms with Gasteiger partial charge in [-0.2, -0.15) is 0 Å². The van der Waals surface area contributed by atoms with Gasteiger partial charge in [-0.3, -0.25) is 9.80 Å². The lowest BCUT2D eigenvalue weighted by molar-refractivity contribution is -0.185. The normalized spacial score (nSPS) is 46.8. The number of anilines is 2. The van der Waals surface area contributed by atoms with Crippen LogP contribution in [0, 0.1) is 11.3 Å². The summed E-state index contributed by atoms with van der Waals surface area (Å²) in [6.07, 6.45) is 10.3. The number of esters is 1.